The van der Waals surface area contributed by atoms with Crippen molar-refractivity contribution in [2.45, 2.75) is 19.6 Å². The number of amides is 1. The van der Waals surface area contributed by atoms with Gasteiger partial charge in [-0.2, -0.15) is 0 Å². The molecule has 1 aromatic carbocycles. The molecule has 110 valence electrons. The van der Waals surface area contributed by atoms with Crippen molar-refractivity contribution in [2.24, 2.45) is 0 Å². The molecule has 5 nitrogen and oxygen atoms in total. The summed E-state index contributed by atoms with van der Waals surface area (Å²) in [6.07, 6.45) is 1.49. The highest BCUT2D eigenvalue weighted by Gasteiger charge is 2.18. The molecule has 6 heteroatoms. The van der Waals surface area contributed by atoms with Gasteiger partial charge in [-0.05, 0) is 47.1 Å². The predicted molar refractivity (Wildman–Crippen MR) is 80.2 cm³/mol. The lowest BCUT2D eigenvalue weighted by Crippen LogP contribution is -2.36. The maximum atomic E-state index is 12.0. The summed E-state index contributed by atoms with van der Waals surface area (Å²) in [5.74, 6) is 0.720. The smallest absolute Gasteiger partial charge is 0.261 e. The van der Waals surface area contributed by atoms with Crippen LogP contribution in [0.1, 0.15) is 23.0 Å². The molecule has 0 saturated carbocycles. The Balaban J connectivity index is 1.99. The standard InChI is InChI=1S/C15H14BrNO4/c1-10(15(19)17-8-12-5-3-7-20-12)21-14-11(9-18)4-2-6-13(14)16/h2-7,9-10H,8H2,1H3,(H,17,19). The van der Waals surface area contributed by atoms with Crippen LogP contribution in [-0.2, 0) is 11.3 Å². The Bertz CT molecular complexity index is 625. The first-order valence-corrected chi connectivity index (χ1v) is 7.11. The van der Waals surface area contributed by atoms with Crippen LogP contribution >= 0.6 is 15.9 Å². The van der Waals surface area contributed by atoms with Crippen LogP contribution in [-0.4, -0.2) is 18.3 Å². The lowest BCUT2D eigenvalue weighted by molar-refractivity contribution is -0.127. The Hall–Kier alpha value is -2.08. The molecule has 0 bridgehead atoms. The Morgan fingerprint density at radius 3 is 2.90 bits per heavy atom. The van der Waals surface area contributed by atoms with Gasteiger partial charge in [0.2, 0.25) is 0 Å². The number of carbonyl (C=O) groups is 2. The second-order valence-electron chi connectivity index (χ2n) is 4.33. The van der Waals surface area contributed by atoms with Gasteiger partial charge in [-0.1, -0.05) is 6.07 Å². The summed E-state index contributed by atoms with van der Waals surface area (Å²) < 4.78 is 11.3. The fourth-order valence-electron chi connectivity index (χ4n) is 1.70. The SMILES string of the molecule is CC(Oc1c(Br)cccc1C=O)C(=O)NCc1ccco1. The van der Waals surface area contributed by atoms with E-state index < -0.39 is 6.10 Å². The number of rotatable bonds is 6. The summed E-state index contributed by atoms with van der Waals surface area (Å²) in [7, 11) is 0. The van der Waals surface area contributed by atoms with E-state index in [1.54, 1.807) is 43.5 Å². The fraction of sp³-hybridized carbons (Fsp3) is 0.200. The molecule has 0 aliphatic rings. The molecule has 1 N–H and O–H groups in total. The molecule has 2 rings (SSSR count). The van der Waals surface area contributed by atoms with Crippen LogP contribution in [0.25, 0.3) is 0 Å². The van der Waals surface area contributed by atoms with Crippen molar-refractivity contribution < 1.29 is 18.7 Å². The molecule has 0 saturated heterocycles. The average Bonchev–Trinajstić information content (AvgIpc) is 3.00. The number of aldehydes is 1. The molecular formula is C15H14BrNO4. The minimum atomic E-state index is -0.739. The third-order valence-electron chi connectivity index (χ3n) is 2.81. The van der Waals surface area contributed by atoms with E-state index in [2.05, 4.69) is 21.2 Å². The van der Waals surface area contributed by atoms with Gasteiger partial charge in [-0.3, -0.25) is 9.59 Å². The van der Waals surface area contributed by atoms with Gasteiger partial charge in [0.1, 0.15) is 11.5 Å². The number of hydrogen-bond donors (Lipinski definition) is 1. The maximum absolute atomic E-state index is 12.0. The Morgan fingerprint density at radius 2 is 2.24 bits per heavy atom. The molecule has 0 fully saturated rings. The fourth-order valence-corrected chi connectivity index (χ4v) is 2.18. The van der Waals surface area contributed by atoms with Crippen LogP contribution in [0.4, 0.5) is 0 Å². The molecule has 1 unspecified atom stereocenters. The van der Waals surface area contributed by atoms with E-state index in [9.17, 15) is 9.59 Å². The van der Waals surface area contributed by atoms with Gasteiger partial charge >= 0.3 is 0 Å². The summed E-state index contributed by atoms with van der Waals surface area (Å²) in [6.45, 7) is 1.90. The van der Waals surface area contributed by atoms with E-state index in [1.807, 2.05) is 0 Å². The zero-order valence-corrected chi connectivity index (χ0v) is 12.9. The van der Waals surface area contributed by atoms with E-state index in [0.29, 0.717) is 27.8 Å². The van der Waals surface area contributed by atoms with Gasteiger partial charge in [-0.25, -0.2) is 0 Å². The number of ether oxygens (including phenoxy) is 1. The monoisotopic (exact) mass is 351 g/mol. The molecule has 2 aromatic rings. The van der Waals surface area contributed by atoms with Crippen molar-refractivity contribution in [3.05, 3.63) is 52.4 Å². The van der Waals surface area contributed by atoms with Gasteiger partial charge in [-0.15, -0.1) is 0 Å². The van der Waals surface area contributed by atoms with Crippen molar-refractivity contribution in [3.8, 4) is 5.75 Å². The summed E-state index contributed by atoms with van der Waals surface area (Å²) >= 11 is 3.31. The van der Waals surface area contributed by atoms with Crippen LogP contribution in [0.15, 0.2) is 45.5 Å². The van der Waals surface area contributed by atoms with E-state index >= 15 is 0 Å². The largest absolute Gasteiger partial charge is 0.479 e. The zero-order valence-electron chi connectivity index (χ0n) is 11.3. The van der Waals surface area contributed by atoms with Crippen LogP contribution in [0.5, 0.6) is 5.75 Å². The highest BCUT2D eigenvalue weighted by Crippen LogP contribution is 2.28. The van der Waals surface area contributed by atoms with Crippen LogP contribution in [0.3, 0.4) is 0 Å². The Labute approximate surface area is 130 Å². The zero-order chi connectivity index (χ0) is 15.2. The number of furan rings is 1. The third kappa shape index (κ3) is 3.95. The lowest BCUT2D eigenvalue weighted by Gasteiger charge is -2.16. The predicted octanol–water partition coefficient (Wildman–Crippen LogP) is 2.94. The van der Waals surface area contributed by atoms with Crippen LogP contribution < -0.4 is 10.1 Å². The van der Waals surface area contributed by atoms with Crippen molar-refractivity contribution >= 4 is 28.1 Å². The third-order valence-corrected chi connectivity index (χ3v) is 3.43. The first-order chi connectivity index (χ1) is 10.1. The number of hydrogen-bond acceptors (Lipinski definition) is 4. The summed E-state index contributed by atoms with van der Waals surface area (Å²) in [5, 5.41) is 2.70. The van der Waals surface area contributed by atoms with Gasteiger partial charge in [0, 0.05) is 0 Å². The second-order valence-corrected chi connectivity index (χ2v) is 5.19. The minimum absolute atomic E-state index is 0.288. The van der Waals surface area contributed by atoms with E-state index in [-0.39, 0.29) is 12.5 Å². The van der Waals surface area contributed by atoms with Gasteiger partial charge in [0.25, 0.3) is 5.91 Å². The molecule has 21 heavy (non-hydrogen) atoms. The minimum Gasteiger partial charge on any atom is -0.479 e. The molecule has 0 aliphatic heterocycles. The molecular weight excluding hydrogens is 338 g/mol. The van der Waals surface area contributed by atoms with Crippen LogP contribution in [0, 0.1) is 0 Å². The van der Waals surface area contributed by atoms with E-state index in [0.717, 1.165) is 0 Å². The molecule has 1 atom stereocenters. The quantitative estimate of drug-likeness (QED) is 0.812. The van der Waals surface area contributed by atoms with E-state index in [1.165, 1.54) is 0 Å². The van der Waals surface area contributed by atoms with E-state index in [4.69, 9.17) is 9.15 Å². The second kappa shape index (κ2) is 7.08. The average molecular weight is 352 g/mol. The summed E-state index contributed by atoms with van der Waals surface area (Å²) in [5.41, 5.74) is 0.384. The van der Waals surface area contributed by atoms with Crippen molar-refractivity contribution in [1.82, 2.24) is 5.32 Å². The number of carbonyl (C=O) groups excluding carboxylic acids is 2. The lowest BCUT2D eigenvalue weighted by atomic mass is 10.2. The number of para-hydroxylation sites is 1. The maximum Gasteiger partial charge on any atom is 0.261 e. The van der Waals surface area contributed by atoms with Crippen molar-refractivity contribution in [2.75, 3.05) is 0 Å². The highest BCUT2D eigenvalue weighted by atomic mass is 79.9. The molecule has 0 radical (unpaired) electrons. The molecule has 1 amide bonds. The highest BCUT2D eigenvalue weighted by molar-refractivity contribution is 9.10. The molecule has 0 spiro atoms. The summed E-state index contributed by atoms with van der Waals surface area (Å²) in [4.78, 5) is 23.0. The molecule has 1 heterocycles. The summed E-state index contributed by atoms with van der Waals surface area (Å²) in [6, 6.07) is 8.61. The molecule has 0 aliphatic carbocycles. The first kappa shape index (κ1) is 15.3. The van der Waals surface area contributed by atoms with Crippen LogP contribution in [0.2, 0.25) is 0 Å². The number of benzene rings is 1. The van der Waals surface area contributed by atoms with Crippen molar-refractivity contribution in [3.63, 3.8) is 0 Å². The normalized spacial score (nSPS) is 11.7. The van der Waals surface area contributed by atoms with Gasteiger partial charge in [0.05, 0.1) is 22.8 Å². The number of halogens is 1. The Kier molecular flexibility index (Phi) is 5.16. The molecule has 1 aromatic heterocycles. The topological polar surface area (TPSA) is 68.5 Å². The van der Waals surface area contributed by atoms with Crippen molar-refractivity contribution in [1.29, 1.82) is 0 Å². The number of nitrogens with one attached hydrogen (secondary N) is 1. The first-order valence-electron chi connectivity index (χ1n) is 6.32. The Morgan fingerprint density at radius 1 is 1.43 bits per heavy atom. The van der Waals surface area contributed by atoms with Gasteiger partial charge in [0.15, 0.2) is 12.4 Å². The van der Waals surface area contributed by atoms with Gasteiger partial charge < -0.3 is 14.5 Å².